The Labute approximate surface area is 138 Å². The van der Waals surface area contributed by atoms with E-state index in [9.17, 15) is 4.79 Å². The van der Waals surface area contributed by atoms with Crippen LogP contribution in [-0.2, 0) is 4.79 Å². The lowest BCUT2D eigenvalue weighted by Crippen LogP contribution is -2.34. The van der Waals surface area contributed by atoms with Crippen LogP contribution in [0.3, 0.4) is 0 Å². The van der Waals surface area contributed by atoms with Gasteiger partial charge in [0.2, 0.25) is 5.91 Å². The van der Waals surface area contributed by atoms with Gasteiger partial charge in [0.1, 0.15) is 0 Å². The number of hydrogen-bond acceptors (Lipinski definition) is 2. The van der Waals surface area contributed by atoms with Crippen LogP contribution in [0.15, 0.2) is 24.3 Å². The van der Waals surface area contributed by atoms with Gasteiger partial charge in [0.05, 0.1) is 6.04 Å². The maximum Gasteiger partial charge on any atom is 0.223 e. The van der Waals surface area contributed by atoms with Crippen molar-refractivity contribution in [1.29, 1.82) is 0 Å². The van der Waals surface area contributed by atoms with Gasteiger partial charge in [-0.2, -0.15) is 0 Å². The summed E-state index contributed by atoms with van der Waals surface area (Å²) < 4.78 is 0. The van der Waals surface area contributed by atoms with Gasteiger partial charge >= 0.3 is 0 Å². The Balaban J connectivity index is 0.00000220. The van der Waals surface area contributed by atoms with Gasteiger partial charge in [-0.15, -0.1) is 12.4 Å². The molecule has 0 radical (unpaired) electrons. The summed E-state index contributed by atoms with van der Waals surface area (Å²) in [6, 6.07) is 7.84. The first-order valence-electron chi connectivity index (χ1n) is 7.26. The number of carbonyl (C=O) groups is 1. The van der Waals surface area contributed by atoms with Crippen molar-refractivity contribution < 1.29 is 4.79 Å². The monoisotopic (exact) mass is 330 g/mol. The van der Waals surface area contributed by atoms with Crippen LogP contribution in [0.25, 0.3) is 0 Å². The summed E-state index contributed by atoms with van der Waals surface area (Å²) in [5.41, 5.74) is 7.03. The van der Waals surface area contributed by atoms with Gasteiger partial charge < -0.3 is 10.6 Å². The molecule has 0 aliphatic heterocycles. The molecule has 1 amide bonds. The highest BCUT2D eigenvalue weighted by Gasteiger charge is 2.28. The van der Waals surface area contributed by atoms with Crippen LogP contribution in [0.4, 0.5) is 0 Å². The maximum atomic E-state index is 12.4. The van der Waals surface area contributed by atoms with E-state index in [4.69, 9.17) is 17.3 Å². The molecule has 1 aliphatic carbocycles. The van der Waals surface area contributed by atoms with E-state index in [2.05, 4.69) is 0 Å². The van der Waals surface area contributed by atoms with Crippen molar-refractivity contribution in [2.75, 3.05) is 7.05 Å². The van der Waals surface area contributed by atoms with Crippen molar-refractivity contribution >= 4 is 29.9 Å². The zero-order valence-corrected chi connectivity index (χ0v) is 14.2. The number of halogens is 2. The Kier molecular flexibility index (Phi) is 6.98. The first-order valence-corrected chi connectivity index (χ1v) is 7.64. The average Bonchev–Trinajstić information content (AvgIpc) is 2.83. The molecular formula is C16H24Cl2N2O. The minimum Gasteiger partial charge on any atom is -0.339 e. The largest absolute Gasteiger partial charge is 0.339 e. The van der Waals surface area contributed by atoms with Crippen molar-refractivity contribution in [2.24, 2.45) is 11.7 Å². The second-order valence-corrected chi connectivity index (χ2v) is 6.17. The number of nitrogens with two attached hydrogens (primary N) is 1. The van der Waals surface area contributed by atoms with E-state index in [1.54, 1.807) is 4.90 Å². The molecule has 118 valence electrons. The fraction of sp³-hybridized carbons (Fsp3) is 0.562. The summed E-state index contributed by atoms with van der Waals surface area (Å²) in [4.78, 5) is 14.2. The van der Waals surface area contributed by atoms with Crippen LogP contribution in [-0.4, -0.2) is 23.9 Å². The second kappa shape index (κ2) is 8.02. The highest BCUT2D eigenvalue weighted by molar-refractivity contribution is 6.31. The fourth-order valence-electron chi connectivity index (χ4n) is 2.93. The van der Waals surface area contributed by atoms with Crippen LogP contribution in [0, 0.1) is 5.92 Å². The minimum atomic E-state index is -0.0196. The van der Waals surface area contributed by atoms with E-state index in [1.807, 2.05) is 38.2 Å². The van der Waals surface area contributed by atoms with E-state index in [-0.39, 0.29) is 30.4 Å². The molecule has 3 nitrogen and oxygen atoms in total. The first kappa shape index (κ1) is 18.3. The highest BCUT2D eigenvalue weighted by atomic mass is 35.5. The van der Waals surface area contributed by atoms with Crippen molar-refractivity contribution in [3.63, 3.8) is 0 Å². The Bertz CT molecular complexity index is 481. The van der Waals surface area contributed by atoms with E-state index < -0.39 is 0 Å². The second-order valence-electron chi connectivity index (χ2n) is 5.76. The summed E-state index contributed by atoms with van der Waals surface area (Å²) >= 11 is 6.20. The van der Waals surface area contributed by atoms with Gasteiger partial charge in [-0.3, -0.25) is 4.79 Å². The lowest BCUT2D eigenvalue weighted by molar-refractivity contribution is -0.132. The number of rotatable bonds is 4. The van der Waals surface area contributed by atoms with Gasteiger partial charge in [-0.1, -0.05) is 36.2 Å². The predicted octanol–water partition coefficient (Wildman–Crippen LogP) is 3.80. The molecule has 1 aromatic rings. The Hall–Kier alpha value is -0.770. The molecule has 0 heterocycles. The third-order valence-electron chi connectivity index (χ3n) is 4.48. The lowest BCUT2D eigenvalue weighted by Gasteiger charge is -2.28. The minimum absolute atomic E-state index is 0. The smallest absolute Gasteiger partial charge is 0.223 e. The third-order valence-corrected chi connectivity index (χ3v) is 4.83. The van der Waals surface area contributed by atoms with E-state index in [1.165, 1.54) is 0 Å². The topological polar surface area (TPSA) is 46.3 Å². The molecule has 2 rings (SSSR count). The van der Waals surface area contributed by atoms with Crippen LogP contribution in [0.1, 0.15) is 44.2 Å². The van der Waals surface area contributed by atoms with Crippen LogP contribution >= 0.6 is 24.0 Å². The molecule has 1 aliphatic rings. The zero-order valence-electron chi connectivity index (χ0n) is 12.6. The third kappa shape index (κ3) is 4.35. The number of amides is 1. The molecule has 1 saturated carbocycles. The summed E-state index contributed by atoms with van der Waals surface area (Å²) in [5.74, 6) is 0.489. The van der Waals surface area contributed by atoms with Gasteiger partial charge in [0.15, 0.2) is 0 Å². The maximum absolute atomic E-state index is 12.4. The van der Waals surface area contributed by atoms with Gasteiger partial charge in [-0.25, -0.2) is 0 Å². The van der Waals surface area contributed by atoms with E-state index >= 15 is 0 Å². The van der Waals surface area contributed by atoms with Gasteiger partial charge in [-0.05, 0) is 37.3 Å². The SMILES string of the molecule is CC(c1ccccc1Cl)N(C)C(=O)C[C@@H]1CCC[C@H]1N.Cl. The van der Waals surface area contributed by atoms with Crippen molar-refractivity contribution in [2.45, 2.75) is 44.7 Å². The standard InChI is InChI=1S/C16H23ClN2O.ClH/c1-11(13-7-3-4-8-14(13)17)19(2)16(20)10-12-6-5-9-15(12)18;/h3-4,7-8,11-12,15H,5-6,9-10,18H2,1-2H3;1H/t11?,12-,15+;/m0./s1. The van der Waals surface area contributed by atoms with Gasteiger partial charge in [0, 0.05) is 24.5 Å². The molecule has 0 saturated heterocycles. The van der Waals surface area contributed by atoms with Crippen molar-refractivity contribution in [3.05, 3.63) is 34.9 Å². The predicted molar refractivity (Wildman–Crippen MR) is 89.8 cm³/mol. The molecule has 1 aromatic carbocycles. The molecular weight excluding hydrogens is 307 g/mol. The Morgan fingerprint density at radius 3 is 2.67 bits per heavy atom. The molecule has 5 heteroatoms. The van der Waals surface area contributed by atoms with Gasteiger partial charge in [0.25, 0.3) is 0 Å². The van der Waals surface area contributed by atoms with Crippen LogP contribution in [0.2, 0.25) is 5.02 Å². The summed E-state index contributed by atoms with van der Waals surface area (Å²) in [6.45, 7) is 2.01. The molecule has 0 bridgehead atoms. The number of hydrogen-bond donors (Lipinski definition) is 1. The highest BCUT2D eigenvalue weighted by Crippen LogP contribution is 2.30. The molecule has 21 heavy (non-hydrogen) atoms. The quantitative estimate of drug-likeness (QED) is 0.912. The van der Waals surface area contributed by atoms with Crippen LogP contribution in [0.5, 0.6) is 0 Å². The van der Waals surface area contributed by atoms with Crippen molar-refractivity contribution in [3.8, 4) is 0 Å². The van der Waals surface area contributed by atoms with Crippen LogP contribution < -0.4 is 5.73 Å². The molecule has 2 N–H and O–H groups in total. The summed E-state index contributed by atoms with van der Waals surface area (Å²) in [6.07, 6.45) is 3.80. The molecule has 1 fully saturated rings. The van der Waals surface area contributed by atoms with Crippen molar-refractivity contribution in [1.82, 2.24) is 4.90 Å². The molecule has 0 spiro atoms. The lowest BCUT2D eigenvalue weighted by atomic mass is 9.98. The Morgan fingerprint density at radius 2 is 2.10 bits per heavy atom. The number of carbonyl (C=O) groups excluding carboxylic acids is 1. The Morgan fingerprint density at radius 1 is 1.43 bits per heavy atom. The van der Waals surface area contributed by atoms with E-state index in [0.717, 1.165) is 24.8 Å². The normalized spacial score (nSPS) is 22.5. The first-order chi connectivity index (χ1) is 9.50. The average molecular weight is 331 g/mol. The molecule has 0 aromatic heterocycles. The van der Waals surface area contributed by atoms with E-state index in [0.29, 0.717) is 17.4 Å². The molecule has 1 unspecified atom stereocenters. The molecule has 3 atom stereocenters. The summed E-state index contributed by atoms with van der Waals surface area (Å²) in [7, 11) is 1.84. The fourth-order valence-corrected chi connectivity index (χ4v) is 3.22. The zero-order chi connectivity index (χ0) is 14.7. The summed E-state index contributed by atoms with van der Waals surface area (Å²) in [5, 5.41) is 0.706. The number of nitrogens with zero attached hydrogens (tertiary/aromatic N) is 1. The number of benzene rings is 1.